The lowest BCUT2D eigenvalue weighted by molar-refractivity contribution is -0.147. The van der Waals surface area contributed by atoms with E-state index in [0.29, 0.717) is 24.4 Å². The van der Waals surface area contributed by atoms with Crippen LogP contribution in [0.4, 0.5) is 0 Å². The number of halogens is 1. The number of hydrogen-bond donors (Lipinski definition) is 0. The molecule has 5 heteroatoms. The van der Waals surface area contributed by atoms with Crippen molar-refractivity contribution < 1.29 is 9.59 Å². The molecule has 3 rings (SSSR count). The molecule has 2 heterocycles. The molecule has 0 saturated carbocycles. The van der Waals surface area contributed by atoms with Crippen LogP contribution >= 0.6 is 11.6 Å². The smallest absolute Gasteiger partial charge is 0.228 e. The van der Waals surface area contributed by atoms with E-state index < -0.39 is 0 Å². The fraction of sp³-hybridized carbons (Fsp3) is 0.556. The van der Waals surface area contributed by atoms with E-state index >= 15 is 0 Å². The minimum Gasteiger partial charge on any atom is -0.342 e. The Morgan fingerprint density at radius 3 is 2.61 bits per heavy atom. The summed E-state index contributed by atoms with van der Waals surface area (Å²) in [5.74, 6) is 0.104. The third-order valence-corrected chi connectivity index (χ3v) is 5.35. The third-order valence-electron chi connectivity index (χ3n) is 5.01. The highest BCUT2D eigenvalue weighted by Gasteiger charge is 2.42. The lowest BCUT2D eigenvalue weighted by Gasteiger charge is -2.41. The van der Waals surface area contributed by atoms with Crippen LogP contribution in [0.25, 0.3) is 0 Å². The van der Waals surface area contributed by atoms with Crippen LogP contribution in [0.1, 0.15) is 44.2 Å². The van der Waals surface area contributed by atoms with Crippen molar-refractivity contribution in [2.75, 3.05) is 19.6 Å². The summed E-state index contributed by atoms with van der Waals surface area (Å²) in [6, 6.07) is 7.33. The normalized spacial score (nSPS) is 25.0. The highest BCUT2D eigenvalue weighted by atomic mass is 35.5. The first-order chi connectivity index (χ1) is 11.1. The summed E-state index contributed by atoms with van der Waals surface area (Å²) >= 11 is 6.39. The van der Waals surface area contributed by atoms with E-state index in [0.717, 1.165) is 31.5 Å². The van der Waals surface area contributed by atoms with Crippen molar-refractivity contribution in [2.24, 2.45) is 5.92 Å². The Hall–Kier alpha value is -1.55. The van der Waals surface area contributed by atoms with Gasteiger partial charge in [0.2, 0.25) is 11.8 Å². The summed E-state index contributed by atoms with van der Waals surface area (Å²) in [5.41, 5.74) is 0.890. The second-order valence-electron chi connectivity index (χ2n) is 6.32. The molecule has 0 spiro atoms. The second kappa shape index (κ2) is 6.91. The van der Waals surface area contributed by atoms with Gasteiger partial charge in [-0.1, -0.05) is 29.8 Å². The molecule has 1 aromatic carbocycles. The maximum Gasteiger partial charge on any atom is 0.228 e. The van der Waals surface area contributed by atoms with Crippen LogP contribution in [0.15, 0.2) is 24.3 Å². The SMILES string of the molecule is CCN1C(=O)CC[C@@H](C(=O)N2CCCC2)[C@@H]1c1ccccc1Cl. The minimum absolute atomic E-state index is 0.114. The van der Waals surface area contributed by atoms with Crippen LogP contribution < -0.4 is 0 Å². The molecule has 0 N–H and O–H groups in total. The van der Waals surface area contributed by atoms with Crippen molar-refractivity contribution >= 4 is 23.4 Å². The van der Waals surface area contributed by atoms with Gasteiger partial charge in [-0.05, 0) is 37.8 Å². The lowest BCUT2D eigenvalue weighted by Crippen LogP contribution is -2.48. The molecule has 4 nitrogen and oxygen atoms in total. The lowest BCUT2D eigenvalue weighted by atomic mass is 9.83. The number of likely N-dealkylation sites (tertiary alicyclic amines) is 2. The predicted octanol–water partition coefficient (Wildman–Crippen LogP) is 3.26. The topological polar surface area (TPSA) is 40.6 Å². The van der Waals surface area contributed by atoms with Crippen LogP contribution in [0.5, 0.6) is 0 Å². The molecule has 1 aromatic rings. The predicted molar refractivity (Wildman–Crippen MR) is 90.1 cm³/mol. The summed E-state index contributed by atoms with van der Waals surface area (Å²) in [5, 5.41) is 0.630. The van der Waals surface area contributed by atoms with Crippen LogP contribution in [0.2, 0.25) is 5.02 Å². The molecule has 0 bridgehead atoms. The van der Waals surface area contributed by atoms with Crippen LogP contribution in [0, 0.1) is 5.92 Å². The van der Waals surface area contributed by atoms with Crippen molar-refractivity contribution in [3.8, 4) is 0 Å². The molecule has 2 saturated heterocycles. The van der Waals surface area contributed by atoms with Crippen molar-refractivity contribution in [3.63, 3.8) is 0 Å². The number of hydrogen-bond acceptors (Lipinski definition) is 2. The van der Waals surface area contributed by atoms with Gasteiger partial charge in [-0.15, -0.1) is 0 Å². The van der Waals surface area contributed by atoms with Gasteiger partial charge in [-0.25, -0.2) is 0 Å². The molecule has 2 atom stereocenters. The molecule has 0 unspecified atom stereocenters. The minimum atomic E-state index is -0.247. The Kier molecular flexibility index (Phi) is 4.90. The quantitative estimate of drug-likeness (QED) is 0.851. The zero-order chi connectivity index (χ0) is 16.4. The second-order valence-corrected chi connectivity index (χ2v) is 6.73. The van der Waals surface area contributed by atoms with E-state index in [9.17, 15) is 9.59 Å². The number of nitrogens with zero attached hydrogens (tertiary/aromatic N) is 2. The van der Waals surface area contributed by atoms with Crippen molar-refractivity contribution in [1.29, 1.82) is 0 Å². The highest BCUT2D eigenvalue weighted by Crippen LogP contribution is 2.40. The molecule has 2 aliphatic heterocycles. The number of rotatable bonds is 3. The van der Waals surface area contributed by atoms with Gasteiger partial charge in [0, 0.05) is 31.1 Å². The number of amides is 2. The zero-order valence-electron chi connectivity index (χ0n) is 13.5. The van der Waals surface area contributed by atoms with E-state index in [1.165, 1.54) is 0 Å². The van der Waals surface area contributed by atoms with Gasteiger partial charge >= 0.3 is 0 Å². The molecular formula is C18H23ClN2O2. The van der Waals surface area contributed by atoms with Gasteiger partial charge < -0.3 is 9.80 Å². The third kappa shape index (κ3) is 3.09. The van der Waals surface area contributed by atoms with E-state index in [2.05, 4.69) is 0 Å². The molecule has 124 valence electrons. The summed E-state index contributed by atoms with van der Waals surface area (Å²) in [6.45, 7) is 4.23. The summed E-state index contributed by atoms with van der Waals surface area (Å²) in [6.07, 6.45) is 3.21. The maximum atomic E-state index is 13.0. The average Bonchev–Trinajstić information content (AvgIpc) is 3.09. The summed E-state index contributed by atoms with van der Waals surface area (Å²) in [7, 11) is 0. The number of benzene rings is 1. The molecule has 23 heavy (non-hydrogen) atoms. The van der Waals surface area contributed by atoms with Crippen molar-refractivity contribution in [2.45, 2.75) is 38.6 Å². The van der Waals surface area contributed by atoms with Gasteiger partial charge in [0.05, 0.1) is 12.0 Å². The monoisotopic (exact) mass is 334 g/mol. The van der Waals surface area contributed by atoms with E-state index in [4.69, 9.17) is 11.6 Å². The summed E-state index contributed by atoms with van der Waals surface area (Å²) < 4.78 is 0. The van der Waals surface area contributed by atoms with Gasteiger partial charge in [-0.3, -0.25) is 9.59 Å². The van der Waals surface area contributed by atoms with Gasteiger partial charge in [-0.2, -0.15) is 0 Å². The van der Waals surface area contributed by atoms with E-state index in [1.54, 1.807) is 0 Å². The average molecular weight is 335 g/mol. The van der Waals surface area contributed by atoms with Gasteiger partial charge in [0.25, 0.3) is 0 Å². The molecular weight excluding hydrogens is 312 g/mol. The van der Waals surface area contributed by atoms with Crippen LogP contribution in [0.3, 0.4) is 0 Å². The number of carbonyl (C=O) groups is 2. The maximum absolute atomic E-state index is 13.0. The highest BCUT2D eigenvalue weighted by molar-refractivity contribution is 6.31. The first-order valence-electron chi connectivity index (χ1n) is 8.46. The molecule has 0 aromatic heterocycles. The molecule has 2 aliphatic rings. The van der Waals surface area contributed by atoms with Gasteiger partial charge in [0.1, 0.15) is 0 Å². The summed E-state index contributed by atoms with van der Waals surface area (Å²) in [4.78, 5) is 29.2. The van der Waals surface area contributed by atoms with Crippen molar-refractivity contribution in [1.82, 2.24) is 9.80 Å². The van der Waals surface area contributed by atoms with Gasteiger partial charge in [0.15, 0.2) is 0 Å². The molecule has 0 aliphatic carbocycles. The fourth-order valence-electron chi connectivity index (χ4n) is 3.86. The standard InChI is InChI=1S/C18H23ClN2O2/c1-2-21-16(22)10-9-14(18(23)20-11-5-6-12-20)17(21)13-7-3-4-8-15(13)19/h3-4,7-8,14,17H,2,5-6,9-12H2,1H3/t14-,17+/m1/s1. The Labute approximate surface area is 142 Å². The molecule has 0 radical (unpaired) electrons. The van der Waals surface area contributed by atoms with E-state index in [1.807, 2.05) is 41.0 Å². The Morgan fingerprint density at radius 2 is 1.96 bits per heavy atom. The fourth-order valence-corrected chi connectivity index (χ4v) is 4.10. The molecule has 2 amide bonds. The first kappa shape index (κ1) is 16.3. The first-order valence-corrected chi connectivity index (χ1v) is 8.84. The molecule has 2 fully saturated rings. The van der Waals surface area contributed by atoms with Crippen LogP contribution in [-0.2, 0) is 9.59 Å². The van der Waals surface area contributed by atoms with Crippen molar-refractivity contribution in [3.05, 3.63) is 34.9 Å². The Morgan fingerprint density at radius 1 is 1.26 bits per heavy atom. The van der Waals surface area contributed by atoms with E-state index in [-0.39, 0.29) is 23.8 Å². The largest absolute Gasteiger partial charge is 0.342 e. The zero-order valence-corrected chi connectivity index (χ0v) is 14.3. The Balaban J connectivity index is 1.97. The van der Waals surface area contributed by atoms with Crippen LogP contribution in [-0.4, -0.2) is 41.2 Å². The Bertz CT molecular complexity index is 598. The number of carbonyl (C=O) groups excluding carboxylic acids is 2. The number of piperidine rings is 1.